The Morgan fingerprint density at radius 3 is 2.21 bits per heavy atom. The first kappa shape index (κ1) is 17.5. The lowest BCUT2D eigenvalue weighted by molar-refractivity contribution is -0.137. The number of nitrogens with zero attached hydrogens (tertiary/aromatic N) is 1. The predicted molar refractivity (Wildman–Crippen MR) is 93.7 cm³/mol. The van der Waals surface area contributed by atoms with Crippen LogP contribution in [0.15, 0.2) is 54.6 Å². The van der Waals surface area contributed by atoms with E-state index >= 15 is 0 Å². The van der Waals surface area contributed by atoms with Gasteiger partial charge in [0.05, 0.1) is 12.6 Å². The van der Waals surface area contributed by atoms with Crippen LogP contribution in [0.5, 0.6) is 0 Å². The van der Waals surface area contributed by atoms with Crippen LogP contribution in [0.3, 0.4) is 0 Å². The number of aliphatic hydroxyl groups is 1. The molecule has 6 nitrogen and oxygen atoms in total. The Balaban J connectivity index is 2.34. The Morgan fingerprint density at radius 1 is 1.08 bits per heavy atom. The first-order valence-electron chi connectivity index (χ1n) is 7.73. The molecule has 2 amide bonds. The first-order chi connectivity index (χ1) is 11.6. The average Bonchev–Trinajstić information content (AvgIpc) is 2.62. The van der Waals surface area contributed by atoms with Crippen LogP contribution < -0.4 is 16.0 Å². The lowest BCUT2D eigenvalue weighted by Gasteiger charge is -2.23. The number of benzene rings is 2. The molecule has 0 heterocycles. The molecule has 24 heavy (non-hydrogen) atoms. The maximum Gasteiger partial charge on any atom is 0.320 e. The first-order valence-corrected chi connectivity index (χ1v) is 7.73. The summed E-state index contributed by atoms with van der Waals surface area (Å²) in [5.41, 5.74) is 7.36. The smallest absolute Gasteiger partial charge is 0.320 e. The maximum atomic E-state index is 12.7. The normalized spacial score (nSPS) is 11.6. The molecule has 0 fully saturated rings. The molecule has 126 valence electrons. The van der Waals surface area contributed by atoms with Crippen molar-refractivity contribution in [2.24, 2.45) is 0 Å². The third kappa shape index (κ3) is 4.11. The fourth-order valence-corrected chi connectivity index (χ4v) is 2.21. The Bertz CT molecular complexity index is 682. The predicted octanol–water partition coefficient (Wildman–Crippen LogP) is 1.82. The second kappa shape index (κ2) is 8.12. The van der Waals surface area contributed by atoms with Gasteiger partial charge in [0.2, 0.25) is 0 Å². The number of hydrogen-bond acceptors (Lipinski definition) is 4. The van der Waals surface area contributed by atoms with Gasteiger partial charge in [-0.1, -0.05) is 25.1 Å². The van der Waals surface area contributed by atoms with Crippen LogP contribution in [0.1, 0.15) is 13.3 Å². The van der Waals surface area contributed by atoms with Gasteiger partial charge >= 0.3 is 11.8 Å². The van der Waals surface area contributed by atoms with E-state index < -0.39 is 17.9 Å². The van der Waals surface area contributed by atoms with Gasteiger partial charge in [-0.2, -0.15) is 0 Å². The van der Waals surface area contributed by atoms with Gasteiger partial charge < -0.3 is 16.2 Å². The van der Waals surface area contributed by atoms with Gasteiger partial charge in [0.1, 0.15) is 0 Å². The van der Waals surface area contributed by atoms with Crippen LogP contribution >= 0.6 is 0 Å². The number of para-hydroxylation sites is 1. The molecule has 0 spiro atoms. The summed E-state index contributed by atoms with van der Waals surface area (Å²) in [6, 6.07) is 15.1. The second-order valence-corrected chi connectivity index (χ2v) is 5.33. The molecule has 1 atom stereocenters. The van der Waals surface area contributed by atoms with Crippen molar-refractivity contribution in [2.75, 3.05) is 17.2 Å². The number of nitrogens with one attached hydrogen (secondary N) is 1. The van der Waals surface area contributed by atoms with Crippen molar-refractivity contribution >= 4 is 28.9 Å². The van der Waals surface area contributed by atoms with Crippen molar-refractivity contribution in [3.05, 3.63) is 54.6 Å². The minimum atomic E-state index is -0.767. The number of rotatable bonds is 5. The minimum Gasteiger partial charge on any atom is -0.399 e. The molecule has 0 saturated carbocycles. The van der Waals surface area contributed by atoms with Crippen LogP contribution in [0.4, 0.5) is 17.1 Å². The summed E-state index contributed by atoms with van der Waals surface area (Å²) in [4.78, 5) is 26.3. The molecule has 0 radical (unpaired) electrons. The van der Waals surface area contributed by atoms with Gasteiger partial charge in [0.25, 0.3) is 0 Å². The van der Waals surface area contributed by atoms with Gasteiger partial charge in [-0.3, -0.25) is 14.5 Å². The van der Waals surface area contributed by atoms with Gasteiger partial charge in [-0.05, 0) is 42.8 Å². The highest BCUT2D eigenvalue weighted by Crippen LogP contribution is 2.26. The molecular weight excluding hydrogens is 306 g/mol. The van der Waals surface area contributed by atoms with Crippen molar-refractivity contribution in [1.29, 1.82) is 0 Å². The van der Waals surface area contributed by atoms with E-state index in [0.717, 1.165) is 0 Å². The van der Waals surface area contributed by atoms with E-state index in [1.165, 1.54) is 4.90 Å². The molecule has 0 aliphatic heterocycles. The number of hydrogen-bond donors (Lipinski definition) is 3. The zero-order valence-corrected chi connectivity index (χ0v) is 13.5. The van der Waals surface area contributed by atoms with Crippen molar-refractivity contribution in [3.8, 4) is 0 Å². The van der Waals surface area contributed by atoms with E-state index in [1.807, 2.05) is 13.0 Å². The quantitative estimate of drug-likeness (QED) is 0.576. The summed E-state index contributed by atoms with van der Waals surface area (Å²) >= 11 is 0. The molecule has 2 rings (SSSR count). The van der Waals surface area contributed by atoms with E-state index in [4.69, 9.17) is 5.73 Å². The summed E-state index contributed by atoms with van der Waals surface area (Å²) in [6.07, 6.45) is 0.530. The third-order valence-corrected chi connectivity index (χ3v) is 3.61. The Labute approximate surface area is 140 Å². The summed E-state index contributed by atoms with van der Waals surface area (Å²) in [5.74, 6) is -1.49. The highest BCUT2D eigenvalue weighted by molar-refractivity contribution is 6.42. The summed E-state index contributed by atoms with van der Waals surface area (Å²) in [5, 5.41) is 11.7. The van der Waals surface area contributed by atoms with E-state index in [0.29, 0.717) is 23.5 Å². The van der Waals surface area contributed by atoms with Crippen LogP contribution in [0, 0.1) is 0 Å². The lowest BCUT2D eigenvalue weighted by Crippen LogP contribution is -2.46. The van der Waals surface area contributed by atoms with Crippen molar-refractivity contribution < 1.29 is 14.7 Å². The Kier molecular flexibility index (Phi) is 5.92. The number of carbonyl (C=O) groups excluding carboxylic acids is 2. The number of anilines is 3. The van der Waals surface area contributed by atoms with E-state index in [2.05, 4.69) is 5.32 Å². The molecule has 0 bridgehead atoms. The van der Waals surface area contributed by atoms with Crippen LogP contribution in [-0.2, 0) is 9.59 Å². The lowest BCUT2D eigenvalue weighted by atomic mass is 10.2. The Hall–Kier alpha value is -2.86. The SMILES string of the molecule is CCC(CO)NC(=O)C(=O)N(c1ccccc1)c1ccc(N)cc1. The number of aliphatic hydroxyl groups excluding tert-OH is 1. The fraction of sp³-hybridized carbons (Fsp3) is 0.222. The monoisotopic (exact) mass is 327 g/mol. The number of amides is 2. The molecule has 6 heteroatoms. The van der Waals surface area contributed by atoms with Crippen molar-refractivity contribution in [3.63, 3.8) is 0 Å². The molecule has 0 aliphatic carbocycles. The molecule has 2 aromatic rings. The number of nitrogen functional groups attached to an aromatic ring is 1. The number of nitrogens with two attached hydrogens (primary N) is 1. The van der Waals surface area contributed by atoms with Gasteiger partial charge in [-0.25, -0.2) is 0 Å². The van der Waals surface area contributed by atoms with Crippen LogP contribution in [0.25, 0.3) is 0 Å². The second-order valence-electron chi connectivity index (χ2n) is 5.33. The van der Waals surface area contributed by atoms with E-state index in [-0.39, 0.29) is 6.61 Å². The zero-order chi connectivity index (χ0) is 17.5. The van der Waals surface area contributed by atoms with Gasteiger partial charge in [0.15, 0.2) is 0 Å². The highest BCUT2D eigenvalue weighted by Gasteiger charge is 2.26. The third-order valence-electron chi connectivity index (χ3n) is 3.61. The maximum absolute atomic E-state index is 12.7. The van der Waals surface area contributed by atoms with Crippen molar-refractivity contribution in [1.82, 2.24) is 5.32 Å². The standard InChI is InChI=1S/C18H21N3O3/c1-2-14(12-22)20-17(23)18(24)21(15-6-4-3-5-7-15)16-10-8-13(19)9-11-16/h3-11,14,22H,2,12,19H2,1H3,(H,20,23). The van der Waals surface area contributed by atoms with Crippen molar-refractivity contribution in [2.45, 2.75) is 19.4 Å². The molecule has 0 saturated heterocycles. The zero-order valence-electron chi connectivity index (χ0n) is 13.5. The topological polar surface area (TPSA) is 95.7 Å². The van der Waals surface area contributed by atoms with E-state index in [9.17, 15) is 14.7 Å². The summed E-state index contributed by atoms with van der Waals surface area (Å²) in [6.45, 7) is 1.60. The fourth-order valence-electron chi connectivity index (χ4n) is 2.21. The van der Waals surface area contributed by atoms with Crippen LogP contribution in [0.2, 0.25) is 0 Å². The van der Waals surface area contributed by atoms with Gasteiger partial charge in [0, 0.05) is 17.1 Å². The molecule has 0 aromatic heterocycles. The van der Waals surface area contributed by atoms with E-state index in [1.54, 1.807) is 48.5 Å². The molecule has 2 aromatic carbocycles. The molecular formula is C18H21N3O3. The Morgan fingerprint density at radius 2 is 1.67 bits per heavy atom. The molecule has 0 aliphatic rings. The largest absolute Gasteiger partial charge is 0.399 e. The molecule has 4 N–H and O–H groups in total. The highest BCUT2D eigenvalue weighted by atomic mass is 16.3. The summed E-state index contributed by atoms with van der Waals surface area (Å²) < 4.78 is 0. The summed E-state index contributed by atoms with van der Waals surface area (Å²) in [7, 11) is 0. The average molecular weight is 327 g/mol. The number of carbonyl (C=O) groups is 2. The van der Waals surface area contributed by atoms with Crippen LogP contribution in [-0.4, -0.2) is 29.6 Å². The van der Waals surface area contributed by atoms with Gasteiger partial charge in [-0.15, -0.1) is 0 Å². The minimum absolute atomic E-state index is 0.220. The molecule has 1 unspecified atom stereocenters.